The summed E-state index contributed by atoms with van der Waals surface area (Å²) in [5, 5.41) is 12.8. The number of H-pyrrole nitrogens is 1. The van der Waals surface area contributed by atoms with E-state index >= 15 is 0 Å². The van der Waals surface area contributed by atoms with Gasteiger partial charge in [0.1, 0.15) is 0 Å². The average molecular weight is 299 g/mol. The van der Waals surface area contributed by atoms with E-state index < -0.39 is 0 Å². The molecule has 0 aliphatic rings. The fourth-order valence-electron chi connectivity index (χ4n) is 1.63. The van der Waals surface area contributed by atoms with Crippen molar-refractivity contribution in [3.05, 3.63) is 15.9 Å². The van der Waals surface area contributed by atoms with Gasteiger partial charge in [0.25, 0.3) is 5.56 Å². The molecule has 20 heavy (non-hydrogen) atoms. The molecule has 7 heteroatoms. The topological polar surface area (TPSA) is 95.1 Å². The van der Waals surface area contributed by atoms with E-state index in [0.717, 1.165) is 24.6 Å². The van der Waals surface area contributed by atoms with E-state index in [1.807, 2.05) is 0 Å². The number of unbranched alkanes of at least 4 members (excludes halogenated alkanes) is 1. The molecule has 3 N–H and O–H groups in total. The quantitative estimate of drug-likeness (QED) is 0.404. The predicted molar refractivity (Wildman–Crippen MR) is 79.3 cm³/mol. The van der Waals surface area contributed by atoms with Crippen LogP contribution in [0, 0.1) is 0 Å². The number of nitrogens with zero attached hydrogens (tertiary/aromatic N) is 1. The zero-order valence-corrected chi connectivity index (χ0v) is 12.8. The molecule has 0 bridgehead atoms. The fourth-order valence-corrected chi connectivity index (χ4v) is 2.31. The van der Waals surface area contributed by atoms with Gasteiger partial charge in [-0.15, -0.1) is 0 Å². The third-order valence-electron chi connectivity index (χ3n) is 2.68. The summed E-state index contributed by atoms with van der Waals surface area (Å²) in [6, 6.07) is 0. The molecule has 0 unspecified atom stereocenters. The van der Waals surface area contributed by atoms with Crippen LogP contribution in [0.1, 0.15) is 45.1 Å². The van der Waals surface area contributed by atoms with Crippen molar-refractivity contribution < 1.29 is 9.90 Å². The minimum atomic E-state index is -0.360. The van der Waals surface area contributed by atoms with Gasteiger partial charge in [0, 0.05) is 6.54 Å². The van der Waals surface area contributed by atoms with Gasteiger partial charge in [-0.05, 0) is 12.3 Å². The van der Waals surface area contributed by atoms with Crippen LogP contribution in [0.15, 0.2) is 9.95 Å². The lowest BCUT2D eigenvalue weighted by Crippen LogP contribution is -2.26. The van der Waals surface area contributed by atoms with Crippen LogP contribution >= 0.6 is 11.8 Å². The third kappa shape index (κ3) is 4.88. The fraction of sp³-hybridized carbons (Fsp3) is 0.615. The van der Waals surface area contributed by atoms with Crippen LogP contribution < -0.4 is 10.9 Å². The first-order valence-corrected chi connectivity index (χ1v) is 7.67. The molecule has 0 aliphatic carbocycles. The number of aromatic nitrogens is 2. The number of amides is 1. The summed E-state index contributed by atoms with van der Waals surface area (Å²) < 4.78 is 0. The van der Waals surface area contributed by atoms with Gasteiger partial charge in [-0.2, -0.15) is 4.98 Å². The highest BCUT2D eigenvalue weighted by molar-refractivity contribution is 7.99. The molecule has 0 fully saturated rings. The number of rotatable bonds is 7. The van der Waals surface area contributed by atoms with Crippen LogP contribution in [0.4, 0.5) is 0 Å². The third-order valence-corrected chi connectivity index (χ3v) is 3.56. The number of carbonyl (C=O) groups is 1. The Morgan fingerprint density at radius 3 is 2.75 bits per heavy atom. The summed E-state index contributed by atoms with van der Waals surface area (Å²) in [7, 11) is 0. The molecule has 0 atom stereocenters. The monoisotopic (exact) mass is 299 g/mol. The number of nitrogens with one attached hydrogen (secondary N) is 2. The van der Waals surface area contributed by atoms with E-state index in [-0.39, 0.29) is 39.7 Å². The Bertz CT molecular complexity index is 514. The Morgan fingerprint density at radius 2 is 2.20 bits per heavy atom. The second kappa shape index (κ2) is 7.94. The summed E-state index contributed by atoms with van der Waals surface area (Å²) in [5.41, 5.74) is -0.0943. The van der Waals surface area contributed by atoms with Crippen LogP contribution in [-0.4, -0.2) is 33.3 Å². The molecule has 0 saturated heterocycles. The lowest BCUT2D eigenvalue weighted by atomic mass is 10.1. The molecule has 1 aromatic rings. The zero-order chi connectivity index (χ0) is 15.1. The minimum Gasteiger partial charge on any atom is -0.493 e. The lowest BCUT2D eigenvalue weighted by Gasteiger charge is -2.08. The molecule has 1 amide bonds. The van der Waals surface area contributed by atoms with Crippen molar-refractivity contribution in [2.45, 2.75) is 44.7 Å². The molecule has 1 heterocycles. The molecule has 112 valence electrons. The minimum absolute atomic E-state index is 0.109. The average Bonchev–Trinajstić information content (AvgIpc) is 2.35. The second-order valence-electron chi connectivity index (χ2n) is 4.76. The zero-order valence-electron chi connectivity index (χ0n) is 12.0. The first-order valence-electron chi connectivity index (χ1n) is 6.68. The lowest BCUT2D eigenvalue weighted by molar-refractivity contribution is -0.118. The summed E-state index contributed by atoms with van der Waals surface area (Å²) in [6.45, 7) is 6.31. The Kier molecular flexibility index (Phi) is 6.57. The van der Waals surface area contributed by atoms with E-state index in [0.29, 0.717) is 6.54 Å². The molecular formula is C13H21N3O3S. The molecule has 1 aromatic heterocycles. The first-order chi connectivity index (χ1) is 9.45. The summed E-state index contributed by atoms with van der Waals surface area (Å²) in [6.07, 6.45) is 1.96. The van der Waals surface area contributed by atoms with Crippen molar-refractivity contribution in [3.8, 4) is 5.88 Å². The number of hydrogen-bond acceptors (Lipinski definition) is 5. The van der Waals surface area contributed by atoms with Crippen molar-refractivity contribution in [1.82, 2.24) is 15.3 Å². The highest BCUT2D eigenvalue weighted by atomic mass is 32.2. The van der Waals surface area contributed by atoms with E-state index in [9.17, 15) is 14.7 Å². The first kappa shape index (κ1) is 16.6. The summed E-state index contributed by atoms with van der Waals surface area (Å²) >= 11 is 1.10. The van der Waals surface area contributed by atoms with Crippen molar-refractivity contribution in [1.29, 1.82) is 0 Å². The van der Waals surface area contributed by atoms with Gasteiger partial charge in [0.2, 0.25) is 11.8 Å². The smallest absolute Gasteiger partial charge is 0.258 e. The van der Waals surface area contributed by atoms with Crippen LogP contribution in [0.25, 0.3) is 0 Å². The molecule has 0 saturated carbocycles. The largest absolute Gasteiger partial charge is 0.493 e. The summed E-state index contributed by atoms with van der Waals surface area (Å²) in [4.78, 5) is 29.8. The maximum Gasteiger partial charge on any atom is 0.258 e. The van der Waals surface area contributed by atoms with Gasteiger partial charge in [-0.1, -0.05) is 39.0 Å². The van der Waals surface area contributed by atoms with E-state index in [1.165, 1.54) is 0 Å². The SMILES string of the molecule is CCCCNC(=O)CSc1nc(O)c(C(C)C)c(=O)[nH]1. The molecule has 0 radical (unpaired) electrons. The highest BCUT2D eigenvalue weighted by Gasteiger charge is 2.14. The second-order valence-corrected chi connectivity index (χ2v) is 5.72. The van der Waals surface area contributed by atoms with Crippen LogP contribution in [0.5, 0.6) is 5.88 Å². The standard InChI is InChI=1S/C13H21N3O3S/c1-4-5-6-14-9(17)7-20-13-15-11(18)10(8(2)3)12(19)16-13/h8H,4-7H2,1-3H3,(H,14,17)(H2,15,16,18,19). The van der Waals surface area contributed by atoms with E-state index in [1.54, 1.807) is 13.8 Å². The van der Waals surface area contributed by atoms with Crippen LogP contribution in [-0.2, 0) is 4.79 Å². The Balaban J connectivity index is 2.62. The highest BCUT2D eigenvalue weighted by Crippen LogP contribution is 2.21. The normalized spacial score (nSPS) is 10.8. The van der Waals surface area contributed by atoms with E-state index in [2.05, 4.69) is 22.2 Å². The molecule has 0 aliphatic heterocycles. The summed E-state index contributed by atoms with van der Waals surface area (Å²) in [5.74, 6) is -0.327. The Hall–Kier alpha value is -1.50. The maximum absolute atomic E-state index is 11.8. The maximum atomic E-state index is 11.8. The number of carbonyl (C=O) groups excluding carboxylic acids is 1. The van der Waals surface area contributed by atoms with Gasteiger partial charge >= 0.3 is 0 Å². The van der Waals surface area contributed by atoms with Crippen LogP contribution in [0.2, 0.25) is 0 Å². The van der Waals surface area contributed by atoms with Gasteiger partial charge in [0.15, 0.2) is 5.16 Å². The van der Waals surface area contributed by atoms with Gasteiger partial charge < -0.3 is 15.4 Å². The van der Waals surface area contributed by atoms with Gasteiger partial charge in [-0.3, -0.25) is 9.59 Å². The molecule has 0 spiro atoms. The van der Waals surface area contributed by atoms with Crippen molar-refractivity contribution in [2.75, 3.05) is 12.3 Å². The Labute approximate surface area is 122 Å². The van der Waals surface area contributed by atoms with E-state index in [4.69, 9.17) is 0 Å². The number of hydrogen-bond donors (Lipinski definition) is 3. The molecular weight excluding hydrogens is 278 g/mol. The predicted octanol–water partition coefficient (Wildman–Crippen LogP) is 1.61. The molecule has 0 aromatic carbocycles. The van der Waals surface area contributed by atoms with Gasteiger partial charge in [-0.25, -0.2) is 0 Å². The molecule has 6 nitrogen and oxygen atoms in total. The van der Waals surface area contributed by atoms with Crippen molar-refractivity contribution in [2.24, 2.45) is 0 Å². The Morgan fingerprint density at radius 1 is 1.50 bits per heavy atom. The number of aromatic hydroxyl groups is 1. The number of thioether (sulfide) groups is 1. The van der Waals surface area contributed by atoms with Crippen LogP contribution in [0.3, 0.4) is 0 Å². The van der Waals surface area contributed by atoms with Crippen molar-refractivity contribution >= 4 is 17.7 Å². The molecule has 1 rings (SSSR count). The van der Waals surface area contributed by atoms with Crippen molar-refractivity contribution in [3.63, 3.8) is 0 Å². The number of aromatic amines is 1. The van der Waals surface area contributed by atoms with Gasteiger partial charge in [0.05, 0.1) is 11.3 Å².